The number of rotatable bonds is 3. The van der Waals surface area contributed by atoms with Crippen LogP contribution < -0.4 is 9.80 Å². The molecule has 7 heteroatoms. The first kappa shape index (κ1) is 15.8. The molecule has 1 saturated heterocycles. The minimum absolute atomic E-state index is 0.219. The van der Waals surface area contributed by atoms with Crippen LogP contribution in [-0.4, -0.2) is 42.0 Å². The van der Waals surface area contributed by atoms with Crippen LogP contribution >= 0.6 is 0 Å². The van der Waals surface area contributed by atoms with Gasteiger partial charge in [-0.1, -0.05) is 0 Å². The average molecular weight is 343 g/mol. The lowest BCUT2D eigenvalue weighted by atomic mass is 10.0. The molecular formula is C18H18FN3O3. The number of halogens is 1. The molecule has 1 aromatic heterocycles. The highest BCUT2D eigenvalue weighted by Crippen LogP contribution is 2.30. The topological polar surface area (TPSA) is 65.9 Å². The minimum atomic E-state index is -0.568. The van der Waals surface area contributed by atoms with Gasteiger partial charge in [0.25, 0.3) is 0 Å². The van der Waals surface area contributed by atoms with Crippen LogP contribution in [0.25, 0.3) is 0 Å². The lowest BCUT2D eigenvalue weighted by Gasteiger charge is -2.31. The summed E-state index contributed by atoms with van der Waals surface area (Å²) in [4.78, 5) is 19.3. The van der Waals surface area contributed by atoms with Crippen molar-refractivity contribution in [1.82, 2.24) is 4.98 Å². The maximum Gasteiger partial charge on any atom is 0.414 e. The number of pyridine rings is 1. The Balaban J connectivity index is 1.56. The van der Waals surface area contributed by atoms with Gasteiger partial charge >= 0.3 is 6.09 Å². The van der Waals surface area contributed by atoms with Crippen LogP contribution in [0, 0.1) is 5.82 Å². The van der Waals surface area contributed by atoms with Crippen LogP contribution in [-0.2, 0) is 17.7 Å². The van der Waals surface area contributed by atoms with Crippen molar-refractivity contribution in [3.8, 4) is 0 Å². The van der Waals surface area contributed by atoms with Crippen LogP contribution in [0.3, 0.4) is 0 Å². The SMILES string of the molecule is O=C1OC(CO)CN1c1ccc(N2CCc3ccncc3C2)c(F)c1. The first-order valence-electron chi connectivity index (χ1n) is 8.21. The third kappa shape index (κ3) is 2.91. The molecule has 1 N–H and O–H groups in total. The van der Waals surface area contributed by atoms with Crippen molar-refractivity contribution in [3.63, 3.8) is 0 Å². The second-order valence-electron chi connectivity index (χ2n) is 6.25. The van der Waals surface area contributed by atoms with Crippen molar-refractivity contribution in [2.75, 3.05) is 29.5 Å². The molecule has 1 atom stereocenters. The number of fused-ring (bicyclic) bond motifs is 1. The van der Waals surface area contributed by atoms with Gasteiger partial charge in [0.2, 0.25) is 0 Å². The molecule has 2 aromatic rings. The maximum absolute atomic E-state index is 14.7. The van der Waals surface area contributed by atoms with E-state index in [1.165, 1.54) is 16.5 Å². The van der Waals surface area contributed by atoms with Gasteiger partial charge in [-0.2, -0.15) is 0 Å². The highest BCUT2D eigenvalue weighted by molar-refractivity contribution is 5.90. The van der Waals surface area contributed by atoms with Gasteiger partial charge in [0, 0.05) is 25.5 Å². The zero-order chi connectivity index (χ0) is 17.4. The zero-order valence-electron chi connectivity index (χ0n) is 13.6. The van der Waals surface area contributed by atoms with Gasteiger partial charge in [-0.3, -0.25) is 9.88 Å². The molecule has 130 valence electrons. The van der Waals surface area contributed by atoms with E-state index < -0.39 is 12.2 Å². The van der Waals surface area contributed by atoms with E-state index >= 15 is 0 Å². The summed E-state index contributed by atoms with van der Waals surface area (Å²) in [6, 6.07) is 6.74. The maximum atomic E-state index is 14.7. The summed E-state index contributed by atoms with van der Waals surface area (Å²) in [6.45, 7) is 1.31. The highest BCUT2D eigenvalue weighted by Gasteiger charge is 2.32. The summed E-state index contributed by atoms with van der Waals surface area (Å²) in [5.74, 6) is -0.384. The summed E-state index contributed by atoms with van der Waals surface area (Å²) in [6.07, 6.45) is 3.31. The van der Waals surface area contributed by atoms with Crippen molar-refractivity contribution in [1.29, 1.82) is 0 Å². The molecule has 0 spiro atoms. The number of aliphatic hydroxyl groups excluding tert-OH is 1. The molecule has 1 fully saturated rings. The van der Waals surface area contributed by atoms with Gasteiger partial charge in [-0.25, -0.2) is 9.18 Å². The average Bonchev–Trinajstić information content (AvgIpc) is 3.02. The predicted molar refractivity (Wildman–Crippen MR) is 90.1 cm³/mol. The molecule has 6 nitrogen and oxygen atoms in total. The standard InChI is InChI=1S/C18H18FN3O3/c19-16-7-14(22-10-15(11-23)25-18(22)24)1-2-17(16)21-6-4-12-3-5-20-8-13(12)9-21/h1-3,5,7-8,15,23H,4,6,9-11H2. The number of amides is 1. The van der Waals surface area contributed by atoms with Crippen LogP contribution in [0.4, 0.5) is 20.6 Å². The molecule has 0 saturated carbocycles. The van der Waals surface area contributed by atoms with E-state index in [1.807, 2.05) is 17.2 Å². The Morgan fingerprint density at radius 1 is 1.32 bits per heavy atom. The van der Waals surface area contributed by atoms with E-state index in [-0.39, 0.29) is 19.0 Å². The normalized spacial score (nSPS) is 19.8. The van der Waals surface area contributed by atoms with E-state index in [0.29, 0.717) is 17.9 Å². The van der Waals surface area contributed by atoms with Gasteiger partial charge in [0.15, 0.2) is 0 Å². The predicted octanol–water partition coefficient (Wildman–Crippen LogP) is 2.10. The van der Waals surface area contributed by atoms with Gasteiger partial charge in [0.05, 0.1) is 24.5 Å². The molecule has 1 unspecified atom stereocenters. The van der Waals surface area contributed by atoms with Crippen LogP contribution in [0.2, 0.25) is 0 Å². The lowest BCUT2D eigenvalue weighted by molar-refractivity contribution is 0.0963. The Kier molecular flexibility index (Phi) is 4.01. The molecule has 3 heterocycles. The van der Waals surface area contributed by atoms with Crippen molar-refractivity contribution in [2.45, 2.75) is 19.1 Å². The molecule has 0 aliphatic carbocycles. The third-order valence-corrected chi connectivity index (χ3v) is 4.68. The van der Waals surface area contributed by atoms with Crippen molar-refractivity contribution in [3.05, 3.63) is 53.6 Å². The summed E-state index contributed by atoms with van der Waals surface area (Å²) in [5.41, 5.74) is 3.29. The summed E-state index contributed by atoms with van der Waals surface area (Å²) < 4.78 is 19.7. The Hall–Kier alpha value is -2.67. The van der Waals surface area contributed by atoms with Crippen molar-refractivity contribution in [2.24, 2.45) is 0 Å². The molecule has 1 amide bonds. The fraction of sp³-hybridized carbons (Fsp3) is 0.333. The number of carbonyl (C=O) groups excluding carboxylic acids is 1. The Labute approximate surface area is 144 Å². The fourth-order valence-corrected chi connectivity index (χ4v) is 3.34. The minimum Gasteiger partial charge on any atom is -0.441 e. The fourth-order valence-electron chi connectivity index (χ4n) is 3.34. The molecule has 1 aromatic carbocycles. The lowest BCUT2D eigenvalue weighted by Crippen LogP contribution is -2.31. The first-order chi connectivity index (χ1) is 12.2. The summed E-state index contributed by atoms with van der Waals surface area (Å²) >= 11 is 0. The Morgan fingerprint density at radius 3 is 2.96 bits per heavy atom. The second kappa shape index (κ2) is 6.33. The number of benzene rings is 1. The third-order valence-electron chi connectivity index (χ3n) is 4.68. The number of hydrogen-bond acceptors (Lipinski definition) is 5. The van der Waals surface area contributed by atoms with Gasteiger partial charge in [0.1, 0.15) is 11.9 Å². The van der Waals surface area contributed by atoms with E-state index in [0.717, 1.165) is 18.5 Å². The molecular weight excluding hydrogens is 325 g/mol. The number of cyclic esters (lactones) is 1. The number of hydrogen-bond donors (Lipinski definition) is 1. The number of nitrogens with zero attached hydrogens (tertiary/aromatic N) is 3. The zero-order valence-corrected chi connectivity index (χ0v) is 13.6. The monoisotopic (exact) mass is 343 g/mol. The van der Waals surface area contributed by atoms with Crippen LogP contribution in [0.5, 0.6) is 0 Å². The number of ether oxygens (including phenoxy) is 1. The largest absolute Gasteiger partial charge is 0.441 e. The quantitative estimate of drug-likeness (QED) is 0.925. The number of aliphatic hydroxyl groups is 1. The van der Waals surface area contributed by atoms with Crippen molar-refractivity contribution >= 4 is 17.5 Å². The van der Waals surface area contributed by atoms with Crippen LogP contribution in [0.1, 0.15) is 11.1 Å². The Morgan fingerprint density at radius 2 is 2.20 bits per heavy atom. The highest BCUT2D eigenvalue weighted by atomic mass is 19.1. The van der Waals surface area contributed by atoms with E-state index in [4.69, 9.17) is 9.84 Å². The number of carbonyl (C=O) groups is 1. The molecule has 2 aliphatic rings. The molecule has 2 aliphatic heterocycles. The van der Waals surface area contributed by atoms with Gasteiger partial charge in [-0.15, -0.1) is 0 Å². The Bertz CT molecular complexity index is 814. The van der Waals surface area contributed by atoms with Gasteiger partial charge < -0.3 is 14.7 Å². The van der Waals surface area contributed by atoms with Crippen LogP contribution in [0.15, 0.2) is 36.7 Å². The second-order valence-corrected chi connectivity index (χ2v) is 6.25. The number of aromatic nitrogens is 1. The smallest absolute Gasteiger partial charge is 0.414 e. The molecule has 4 rings (SSSR count). The summed E-state index contributed by atoms with van der Waals surface area (Å²) in [7, 11) is 0. The molecule has 25 heavy (non-hydrogen) atoms. The molecule has 0 radical (unpaired) electrons. The van der Waals surface area contributed by atoms with Gasteiger partial charge in [-0.05, 0) is 41.8 Å². The van der Waals surface area contributed by atoms with Crippen molar-refractivity contribution < 1.29 is 19.0 Å². The number of anilines is 2. The van der Waals surface area contributed by atoms with E-state index in [2.05, 4.69) is 4.98 Å². The van der Waals surface area contributed by atoms with E-state index in [9.17, 15) is 9.18 Å². The summed E-state index contributed by atoms with van der Waals surface area (Å²) in [5, 5.41) is 9.11. The molecule has 0 bridgehead atoms. The van der Waals surface area contributed by atoms with E-state index in [1.54, 1.807) is 18.3 Å². The first-order valence-corrected chi connectivity index (χ1v) is 8.21.